The van der Waals surface area contributed by atoms with E-state index < -0.39 is 12.1 Å². The van der Waals surface area contributed by atoms with Crippen LogP contribution in [0.25, 0.3) is 0 Å². The van der Waals surface area contributed by atoms with Crippen molar-refractivity contribution in [3.63, 3.8) is 0 Å². The summed E-state index contributed by atoms with van der Waals surface area (Å²) in [7, 11) is 0. The van der Waals surface area contributed by atoms with Crippen LogP contribution in [0, 0.1) is 0 Å². The first-order chi connectivity index (χ1) is 19.2. The first-order valence-electron chi connectivity index (χ1n) is 17.7. The molecule has 0 aliphatic rings. The van der Waals surface area contributed by atoms with Gasteiger partial charge in [-0.1, -0.05) is 181 Å². The molecule has 0 aromatic carbocycles. The van der Waals surface area contributed by atoms with E-state index >= 15 is 0 Å². The molecule has 0 rings (SSSR count). The van der Waals surface area contributed by atoms with E-state index in [0.717, 1.165) is 38.5 Å². The maximum Gasteiger partial charge on any atom is 0.220 e. The van der Waals surface area contributed by atoms with Crippen molar-refractivity contribution < 1.29 is 15.0 Å². The Bertz CT molecular complexity index is 485. The lowest BCUT2D eigenvalue weighted by Crippen LogP contribution is -2.45. The predicted molar refractivity (Wildman–Crippen MR) is 170 cm³/mol. The van der Waals surface area contributed by atoms with E-state index in [9.17, 15) is 15.0 Å². The lowest BCUT2D eigenvalue weighted by atomic mass is 10.0. The molecule has 4 heteroatoms. The number of unbranched alkanes of at least 4 members (excludes halogenated alkanes) is 25. The van der Waals surface area contributed by atoms with E-state index in [1.807, 2.05) is 0 Å². The molecular weight excluding hydrogens is 482 g/mol. The molecule has 0 saturated heterocycles. The lowest BCUT2D eigenvalue weighted by molar-refractivity contribution is -0.123. The van der Waals surface area contributed by atoms with E-state index in [2.05, 4.69) is 19.2 Å². The van der Waals surface area contributed by atoms with Crippen LogP contribution in [0.1, 0.15) is 200 Å². The number of aliphatic hydroxyl groups is 2. The van der Waals surface area contributed by atoms with Crippen molar-refractivity contribution in [2.45, 2.75) is 212 Å². The zero-order chi connectivity index (χ0) is 28.7. The van der Waals surface area contributed by atoms with Crippen molar-refractivity contribution in [3.8, 4) is 0 Å². The average Bonchev–Trinajstić information content (AvgIpc) is 2.94. The van der Waals surface area contributed by atoms with E-state index in [-0.39, 0.29) is 12.5 Å². The van der Waals surface area contributed by atoms with E-state index in [0.29, 0.717) is 12.8 Å². The number of nitrogens with one attached hydrogen (secondary N) is 1. The Kier molecular flexibility index (Phi) is 31.4. The first kappa shape index (κ1) is 38.4. The van der Waals surface area contributed by atoms with Gasteiger partial charge in [0.1, 0.15) is 0 Å². The zero-order valence-corrected chi connectivity index (χ0v) is 26.7. The molecule has 0 aromatic heterocycles. The van der Waals surface area contributed by atoms with Gasteiger partial charge in [-0.15, -0.1) is 0 Å². The van der Waals surface area contributed by atoms with Gasteiger partial charge in [0, 0.05) is 6.42 Å². The number of amides is 1. The number of carbonyl (C=O) groups is 1. The van der Waals surface area contributed by atoms with Gasteiger partial charge in [-0.3, -0.25) is 4.79 Å². The Hall–Kier alpha value is -0.610. The Labute approximate surface area is 244 Å². The molecule has 0 aliphatic heterocycles. The number of rotatable bonds is 32. The molecule has 0 spiro atoms. The number of hydrogen-bond acceptors (Lipinski definition) is 3. The highest BCUT2D eigenvalue weighted by molar-refractivity contribution is 5.76. The third kappa shape index (κ3) is 28.7. The maximum atomic E-state index is 12.0. The van der Waals surface area contributed by atoms with Gasteiger partial charge in [0.05, 0.1) is 18.8 Å². The summed E-state index contributed by atoms with van der Waals surface area (Å²) < 4.78 is 0. The minimum Gasteiger partial charge on any atom is -0.394 e. The molecular formula is C35H71NO3. The van der Waals surface area contributed by atoms with Crippen molar-refractivity contribution in [2.24, 2.45) is 0 Å². The number of hydrogen-bond donors (Lipinski definition) is 3. The maximum absolute atomic E-state index is 12.0. The molecule has 0 aromatic rings. The van der Waals surface area contributed by atoms with Crippen molar-refractivity contribution in [3.05, 3.63) is 0 Å². The normalized spacial score (nSPS) is 13.0. The summed E-state index contributed by atoms with van der Waals surface area (Å²) >= 11 is 0. The highest BCUT2D eigenvalue weighted by Gasteiger charge is 2.19. The number of aliphatic hydroxyl groups excluding tert-OH is 2. The minimum absolute atomic E-state index is 0.0476. The van der Waals surface area contributed by atoms with Gasteiger partial charge in [-0.05, 0) is 12.8 Å². The Morgan fingerprint density at radius 1 is 0.513 bits per heavy atom. The second kappa shape index (κ2) is 31.9. The van der Waals surface area contributed by atoms with Crippen LogP contribution in [0.4, 0.5) is 0 Å². The second-order valence-electron chi connectivity index (χ2n) is 12.3. The van der Waals surface area contributed by atoms with Gasteiger partial charge < -0.3 is 15.5 Å². The molecule has 2 atom stereocenters. The van der Waals surface area contributed by atoms with Crippen LogP contribution in [0.15, 0.2) is 0 Å². The molecule has 4 nitrogen and oxygen atoms in total. The molecule has 234 valence electrons. The topological polar surface area (TPSA) is 69.6 Å². The monoisotopic (exact) mass is 554 g/mol. The summed E-state index contributed by atoms with van der Waals surface area (Å²) in [6.07, 6.45) is 36.4. The van der Waals surface area contributed by atoms with Gasteiger partial charge in [-0.2, -0.15) is 0 Å². The lowest BCUT2D eigenvalue weighted by Gasteiger charge is -2.22. The number of carbonyl (C=O) groups excluding carboxylic acids is 1. The van der Waals surface area contributed by atoms with E-state index in [1.165, 1.54) is 135 Å². The van der Waals surface area contributed by atoms with Gasteiger partial charge >= 0.3 is 0 Å². The van der Waals surface area contributed by atoms with Crippen LogP contribution in [-0.2, 0) is 4.79 Å². The van der Waals surface area contributed by atoms with Crippen LogP contribution >= 0.6 is 0 Å². The van der Waals surface area contributed by atoms with Crippen LogP contribution in [0.3, 0.4) is 0 Å². The van der Waals surface area contributed by atoms with E-state index in [4.69, 9.17) is 0 Å². The van der Waals surface area contributed by atoms with Gasteiger partial charge in [0.25, 0.3) is 0 Å². The van der Waals surface area contributed by atoms with E-state index in [1.54, 1.807) is 0 Å². The molecule has 0 radical (unpaired) electrons. The molecule has 0 aliphatic carbocycles. The molecule has 2 unspecified atom stereocenters. The summed E-state index contributed by atoms with van der Waals surface area (Å²) in [6, 6.07) is -0.525. The van der Waals surface area contributed by atoms with Gasteiger partial charge in [0.15, 0.2) is 0 Å². The van der Waals surface area contributed by atoms with Crippen LogP contribution in [0.2, 0.25) is 0 Å². The molecule has 0 heterocycles. The van der Waals surface area contributed by atoms with Gasteiger partial charge in [-0.25, -0.2) is 0 Å². The smallest absolute Gasteiger partial charge is 0.220 e. The average molecular weight is 554 g/mol. The Morgan fingerprint density at radius 2 is 0.821 bits per heavy atom. The van der Waals surface area contributed by atoms with Gasteiger partial charge in [0.2, 0.25) is 5.91 Å². The summed E-state index contributed by atoms with van der Waals surface area (Å²) in [5.41, 5.74) is 0. The highest BCUT2D eigenvalue weighted by atomic mass is 16.3. The quantitative estimate of drug-likeness (QED) is 0.0726. The first-order valence-corrected chi connectivity index (χ1v) is 17.7. The molecule has 0 bridgehead atoms. The predicted octanol–water partition coefficient (Wildman–Crippen LogP) is 10.2. The summed E-state index contributed by atoms with van der Waals surface area (Å²) in [4.78, 5) is 12.0. The van der Waals surface area contributed by atoms with Crippen LogP contribution < -0.4 is 5.32 Å². The standard InChI is InChI=1S/C35H71NO3/c1-3-5-7-9-10-11-12-13-14-15-16-17-18-19-20-21-22-23-24-25-26-27-28-30-34(38)33(32-37)36-35(39)31-29-8-6-4-2/h33-34,37-38H,3-32H2,1-2H3,(H,36,39). The fraction of sp³-hybridized carbons (Fsp3) is 0.971. The summed E-state index contributed by atoms with van der Waals surface area (Å²) in [5.74, 6) is -0.0476. The Balaban J connectivity index is 3.35. The SMILES string of the molecule is CCCCCCCCCCCCCCCCCCCCCCCCCC(O)C(CO)NC(=O)CCCCCC. The largest absolute Gasteiger partial charge is 0.394 e. The van der Waals surface area contributed by atoms with Crippen molar-refractivity contribution >= 4 is 5.91 Å². The third-order valence-corrected chi connectivity index (χ3v) is 8.37. The second-order valence-corrected chi connectivity index (χ2v) is 12.3. The molecule has 0 fully saturated rings. The molecule has 1 amide bonds. The highest BCUT2D eigenvalue weighted by Crippen LogP contribution is 2.16. The summed E-state index contributed by atoms with van der Waals surface area (Å²) in [5, 5.41) is 22.7. The van der Waals surface area contributed by atoms with Crippen LogP contribution in [0.5, 0.6) is 0 Å². The van der Waals surface area contributed by atoms with Crippen molar-refractivity contribution in [1.29, 1.82) is 0 Å². The van der Waals surface area contributed by atoms with Crippen LogP contribution in [-0.4, -0.2) is 34.9 Å². The third-order valence-electron chi connectivity index (χ3n) is 8.37. The molecule has 0 saturated carbocycles. The fourth-order valence-electron chi connectivity index (χ4n) is 5.59. The van der Waals surface area contributed by atoms with Crippen molar-refractivity contribution in [1.82, 2.24) is 5.32 Å². The Morgan fingerprint density at radius 3 is 1.15 bits per heavy atom. The molecule has 3 N–H and O–H groups in total. The summed E-state index contributed by atoms with van der Waals surface area (Å²) in [6.45, 7) is 4.25. The molecule has 39 heavy (non-hydrogen) atoms. The minimum atomic E-state index is -0.649. The zero-order valence-electron chi connectivity index (χ0n) is 26.7. The van der Waals surface area contributed by atoms with Crippen molar-refractivity contribution in [2.75, 3.05) is 6.61 Å². The fourth-order valence-corrected chi connectivity index (χ4v) is 5.59.